The van der Waals surface area contributed by atoms with Crippen LogP contribution in [0.1, 0.15) is 26.7 Å². The first-order valence-electron chi connectivity index (χ1n) is 6.40. The van der Waals surface area contributed by atoms with Crippen LogP contribution in [0.25, 0.3) is 0 Å². The Hall–Kier alpha value is -1.12. The maximum atomic E-state index is 12.0. The van der Waals surface area contributed by atoms with Crippen LogP contribution in [0.3, 0.4) is 0 Å². The monoisotopic (exact) mass is 255 g/mol. The van der Waals surface area contributed by atoms with Crippen molar-refractivity contribution in [1.29, 1.82) is 5.26 Å². The summed E-state index contributed by atoms with van der Waals surface area (Å²) < 4.78 is 5.06. The second-order valence-corrected chi connectivity index (χ2v) is 4.44. The molecule has 0 saturated heterocycles. The number of methoxy groups -OCH3 is 1. The number of carbonyl (C=O) groups excluding carboxylic acids is 1. The minimum absolute atomic E-state index is 0.0571. The fraction of sp³-hybridized carbons (Fsp3) is 0.846. The lowest BCUT2D eigenvalue weighted by molar-refractivity contribution is -0.131. The number of likely N-dealkylation sites (N-methyl/N-ethyl adjacent to an activating group) is 1. The van der Waals surface area contributed by atoms with Crippen LogP contribution in [0.4, 0.5) is 0 Å². The van der Waals surface area contributed by atoms with Crippen molar-refractivity contribution >= 4 is 5.91 Å². The van der Waals surface area contributed by atoms with Gasteiger partial charge < -0.3 is 9.64 Å². The molecule has 5 nitrogen and oxygen atoms in total. The number of nitriles is 1. The van der Waals surface area contributed by atoms with Crippen molar-refractivity contribution in [2.45, 2.75) is 32.7 Å². The smallest absolute Gasteiger partial charge is 0.236 e. The zero-order valence-electron chi connectivity index (χ0n) is 12.0. The molecule has 0 N–H and O–H groups in total. The van der Waals surface area contributed by atoms with Gasteiger partial charge in [-0.2, -0.15) is 5.26 Å². The standard InChI is InChI=1S/C13H25N3O2/c1-5-12(2)16(9-10-18-4)11-13(17)15(3)8-6-7-14/h12H,5-6,8-11H2,1-4H3. The Bertz CT molecular complexity index is 276. The first-order valence-corrected chi connectivity index (χ1v) is 6.40. The average Bonchev–Trinajstić information content (AvgIpc) is 2.39. The Kier molecular flexibility index (Phi) is 9.25. The Labute approximate surface area is 110 Å². The lowest BCUT2D eigenvalue weighted by Gasteiger charge is -2.29. The van der Waals surface area contributed by atoms with Crippen LogP contribution >= 0.6 is 0 Å². The highest BCUT2D eigenvalue weighted by molar-refractivity contribution is 5.78. The molecule has 0 aliphatic rings. The minimum atomic E-state index is 0.0571. The van der Waals surface area contributed by atoms with Crippen molar-refractivity contribution in [2.75, 3.05) is 40.4 Å². The van der Waals surface area contributed by atoms with E-state index in [9.17, 15) is 4.79 Å². The summed E-state index contributed by atoms with van der Waals surface area (Å²) in [5.74, 6) is 0.0571. The van der Waals surface area contributed by atoms with Gasteiger partial charge in [0, 0.05) is 33.3 Å². The van der Waals surface area contributed by atoms with Gasteiger partial charge >= 0.3 is 0 Å². The molecule has 0 fully saturated rings. The van der Waals surface area contributed by atoms with Crippen molar-refractivity contribution in [2.24, 2.45) is 0 Å². The second-order valence-electron chi connectivity index (χ2n) is 4.44. The molecule has 1 unspecified atom stereocenters. The van der Waals surface area contributed by atoms with Gasteiger partial charge in [0.05, 0.1) is 25.6 Å². The summed E-state index contributed by atoms with van der Waals surface area (Å²) in [5.41, 5.74) is 0. The molecule has 0 bridgehead atoms. The molecule has 0 aliphatic carbocycles. The predicted octanol–water partition coefficient (Wildman–Crippen LogP) is 1.11. The number of hydrogen-bond donors (Lipinski definition) is 0. The van der Waals surface area contributed by atoms with Crippen molar-refractivity contribution in [1.82, 2.24) is 9.80 Å². The molecule has 0 aromatic rings. The number of amides is 1. The molecule has 0 heterocycles. The van der Waals surface area contributed by atoms with E-state index in [0.717, 1.165) is 13.0 Å². The van der Waals surface area contributed by atoms with Gasteiger partial charge in [0.2, 0.25) is 5.91 Å². The minimum Gasteiger partial charge on any atom is -0.383 e. The topological polar surface area (TPSA) is 56.6 Å². The number of hydrogen-bond acceptors (Lipinski definition) is 4. The van der Waals surface area contributed by atoms with Gasteiger partial charge in [-0.05, 0) is 13.3 Å². The highest BCUT2D eigenvalue weighted by atomic mass is 16.5. The van der Waals surface area contributed by atoms with Crippen molar-refractivity contribution in [3.63, 3.8) is 0 Å². The van der Waals surface area contributed by atoms with Crippen molar-refractivity contribution < 1.29 is 9.53 Å². The zero-order valence-corrected chi connectivity index (χ0v) is 12.0. The van der Waals surface area contributed by atoms with E-state index in [1.165, 1.54) is 0 Å². The molecule has 0 saturated carbocycles. The van der Waals surface area contributed by atoms with Gasteiger partial charge in [0.1, 0.15) is 0 Å². The van der Waals surface area contributed by atoms with E-state index in [-0.39, 0.29) is 5.91 Å². The number of nitrogens with zero attached hydrogens (tertiary/aromatic N) is 3. The van der Waals surface area contributed by atoms with Crippen LogP contribution < -0.4 is 0 Å². The maximum Gasteiger partial charge on any atom is 0.236 e. The van der Waals surface area contributed by atoms with Crippen molar-refractivity contribution in [3.8, 4) is 6.07 Å². The third kappa shape index (κ3) is 6.58. The van der Waals surface area contributed by atoms with E-state index in [2.05, 4.69) is 18.7 Å². The summed E-state index contributed by atoms with van der Waals surface area (Å²) >= 11 is 0. The van der Waals surface area contributed by atoms with Gasteiger partial charge in [-0.15, -0.1) is 0 Å². The summed E-state index contributed by atoms with van der Waals surface area (Å²) in [6.45, 7) is 6.48. The summed E-state index contributed by atoms with van der Waals surface area (Å²) in [5, 5.41) is 8.51. The Morgan fingerprint density at radius 3 is 2.61 bits per heavy atom. The SMILES string of the molecule is CCC(C)N(CCOC)CC(=O)N(C)CCC#N. The lowest BCUT2D eigenvalue weighted by Crippen LogP contribution is -2.44. The fourth-order valence-corrected chi connectivity index (χ4v) is 1.56. The maximum absolute atomic E-state index is 12.0. The van der Waals surface area contributed by atoms with Crippen molar-refractivity contribution in [3.05, 3.63) is 0 Å². The van der Waals surface area contributed by atoms with Crippen LogP contribution in [0.2, 0.25) is 0 Å². The molecule has 1 amide bonds. The molecular formula is C13H25N3O2. The molecule has 0 radical (unpaired) electrons. The van der Waals surface area contributed by atoms with E-state index < -0.39 is 0 Å². The Balaban J connectivity index is 4.29. The zero-order chi connectivity index (χ0) is 14.0. The largest absolute Gasteiger partial charge is 0.383 e. The van der Waals surface area contributed by atoms with Crippen LogP contribution in [0, 0.1) is 11.3 Å². The molecule has 0 spiro atoms. The first kappa shape index (κ1) is 16.9. The normalized spacial score (nSPS) is 12.2. The number of ether oxygens (including phenoxy) is 1. The third-order valence-electron chi connectivity index (χ3n) is 3.12. The summed E-state index contributed by atoms with van der Waals surface area (Å²) in [6, 6.07) is 2.40. The molecule has 104 valence electrons. The van der Waals surface area contributed by atoms with E-state index in [1.54, 1.807) is 19.1 Å². The van der Waals surface area contributed by atoms with E-state index in [0.29, 0.717) is 32.2 Å². The summed E-state index contributed by atoms with van der Waals surface area (Å²) in [6.07, 6.45) is 1.38. The van der Waals surface area contributed by atoms with E-state index >= 15 is 0 Å². The van der Waals surface area contributed by atoms with E-state index in [4.69, 9.17) is 10.00 Å². The number of carbonyl (C=O) groups is 1. The van der Waals surface area contributed by atoms with Gasteiger partial charge in [0.25, 0.3) is 0 Å². The Morgan fingerprint density at radius 2 is 2.11 bits per heavy atom. The van der Waals surface area contributed by atoms with Gasteiger partial charge in [-0.25, -0.2) is 0 Å². The average molecular weight is 255 g/mol. The van der Waals surface area contributed by atoms with E-state index in [1.807, 2.05) is 6.07 Å². The predicted molar refractivity (Wildman–Crippen MR) is 71.1 cm³/mol. The number of rotatable bonds is 9. The molecule has 1 atom stereocenters. The van der Waals surface area contributed by atoms with Gasteiger partial charge in [0.15, 0.2) is 0 Å². The summed E-state index contributed by atoms with van der Waals surface area (Å²) in [7, 11) is 3.40. The highest BCUT2D eigenvalue weighted by Crippen LogP contribution is 2.04. The molecule has 18 heavy (non-hydrogen) atoms. The van der Waals surface area contributed by atoms with Crippen LogP contribution in [-0.4, -0.2) is 62.1 Å². The van der Waals surface area contributed by atoms with Crippen LogP contribution in [0.5, 0.6) is 0 Å². The lowest BCUT2D eigenvalue weighted by atomic mass is 10.2. The molecule has 0 aliphatic heterocycles. The molecule has 0 aromatic carbocycles. The quantitative estimate of drug-likeness (QED) is 0.619. The van der Waals surface area contributed by atoms with Crippen LogP contribution in [0.15, 0.2) is 0 Å². The summed E-state index contributed by atoms with van der Waals surface area (Å²) in [4.78, 5) is 15.7. The van der Waals surface area contributed by atoms with Crippen LogP contribution in [-0.2, 0) is 9.53 Å². The highest BCUT2D eigenvalue weighted by Gasteiger charge is 2.17. The second kappa shape index (κ2) is 9.86. The molecule has 0 rings (SSSR count). The first-order chi connectivity index (χ1) is 8.56. The fourth-order valence-electron chi connectivity index (χ4n) is 1.56. The molecule has 0 aromatic heterocycles. The third-order valence-corrected chi connectivity index (χ3v) is 3.12. The Morgan fingerprint density at radius 1 is 1.44 bits per heavy atom. The van der Waals surface area contributed by atoms with Gasteiger partial charge in [-0.1, -0.05) is 6.92 Å². The molecular weight excluding hydrogens is 230 g/mol. The van der Waals surface area contributed by atoms with Gasteiger partial charge in [-0.3, -0.25) is 9.69 Å². The molecule has 5 heteroatoms.